The number of benzene rings is 2. The normalized spacial score (nSPS) is 11.8. The maximum Gasteiger partial charge on any atom is 0.156 e. The van der Waals surface area contributed by atoms with Gasteiger partial charge >= 0.3 is 0 Å². The van der Waals surface area contributed by atoms with Crippen LogP contribution in [0, 0.1) is 6.92 Å². The van der Waals surface area contributed by atoms with E-state index < -0.39 is 0 Å². The van der Waals surface area contributed by atoms with Gasteiger partial charge in [0, 0.05) is 0 Å². The molecule has 20 heavy (non-hydrogen) atoms. The number of rotatable bonds is 5. The SMILES string of the molecule is COc1ccccc1N[C@H](C(C)=O)c1ccc(C)cc1. The Labute approximate surface area is 119 Å². The van der Waals surface area contributed by atoms with Gasteiger partial charge < -0.3 is 10.1 Å². The highest BCUT2D eigenvalue weighted by Gasteiger charge is 2.17. The van der Waals surface area contributed by atoms with E-state index in [1.54, 1.807) is 14.0 Å². The average Bonchev–Trinajstić information content (AvgIpc) is 2.46. The molecule has 0 heterocycles. The topological polar surface area (TPSA) is 38.3 Å². The monoisotopic (exact) mass is 269 g/mol. The molecule has 2 rings (SSSR count). The third kappa shape index (κ3) is 3.18. The Bertz CT molecular complexity index is 590. The second kappa shape index (κ2) is 6.24. The summed E-state index contributed by atoms with van der Waals surface area (Å²) in [4.78, 5) is 11.9. The number of ketones is 1. The van der Waals surface area contributed by atoms with E-state index in [4.69, 9.17) is 4.74 Å². The standard InChI is InChI=1S/C17H19NO2/c1-12-8-10-14(11-9-12)17(13(2)19)18-15-6-4-5-7-16(15)20-3/h4-11,17-18H,1-3H3/t17-/m1/s1. The first-order chi connectivity index (χ1) is 9.61. The van der Waals surface area contributed by atoms with Crippen molar-refractivity contribution in [1.82, 2.24) is 0 Å². The summed E-state index contributed by atoms with van der Waals surface area (Å²) in [5, 5.41) is 3.26. The largest absolute Gasteiger partial charge is 0.495 e. The van der Waals surface area contributed by atoms with Gasteiger partial charge in [-0.05, 0) is 31.5 Å². The fraction of sp³-hybridized carbons (Fsp3) is 0.235. The van der Waals surface area contributed by atoms with E-state index in [1.807, 2.05) is 55.5 Å². The first kappa shape index (κ1) is 14.1. The van der Waals surface area contributed by atoms with Crippen molar-refractivity contribution < 1.29 is 9.53 Å². The molecule has 0 unspecified atom stereocenters. The van der Waals surface area contributed by atoms with Crippen molar-refractivity contribution >= 4 is 11.5 Å². The maximum absolute atomic E-state index is 11.9. The molecule has 0 aliphatic heterocycles. The Kier molecular flexibility index (Phi) is 4.41. The minimum atomic E-state index is -0.369. The molecular weight excluding hydrogens is 250 g/mol. The van der Waals surface area contributed by atoms with Crippen molar-refractivity contribution in [2.24, 2.45) is 0 Å². The Balaban J connectivity index is 2.30. The number of carbonyl (C=O) groups excluding carboxylic acids is 1. The summed E-state index contributed by atoms with van der Waals surface area (Å²) in [6.07, 6.45) is 0. The molecule has 3 nitrogen and oxygen atoms in total. The molecule has 2 aromatic carbocycles. The second-order valence-corrected chi connectivity index (χ2v) is 4.80. The first-order valence-electron chi connectivity index (χ1n) is 6.58. The summed E-state index contributed by atoms with van der Waals surface area (Å²) in [5.41, 5.74) is 2.94. The lowest BCUT2D eigenvalue weighted by Crippen LogP contribution is -2.18. The molecule has 0 bridgehead atoms. The number of carbonyl (C=O) groups is 1. The molecular formula is C17H19NO2. The fourth-order valence-electron chi connectivity index (χ4n) is 2.10. The lowest BCUT2D eigenvalue weighted by Gasteiger charge is -2.19. The first-order valence-corrected chi connectivity index (χ1v) is 6.58. The number of Topliss-reactive ketones (excluding diaryl/α,β-unsaturated/α-hetero) is 1. The van der Waals surface area contributed by atoms with Gasteiger partial charge in [0.1, 0.15) is 11.8 Å². The molecule has 0 aliphatic carbocycles. The Hall–Kier alpha value is -2.29. The van der Waals surface area contributed by atoms with Gasteiger partial charge in [-0.25, -0.2) is 0 Å². The van der Waals surface area contributed by atoms with Gasteiger partial charge in [-0.15, -0.1) is 0 Å². The summed E-state index contributed by atoms with van der Waals surface area (Å²) in [5.74, 6) is 0.797. The summed E-state index contributed by atoms with van der Waals surface area (Å²) in [6.45, 7) is 3.62. The predicted octanol–water partition coefficient (Wildman–Crippen LogP) is 3.75. The highest BCUT2D eigenvalue weighted by molar-refractivity contribution is 5.86. The highest BCUT2D eigenvalue weighted by atomic mass is 16.5. The number of nitrogens with one attached hydrogen (secondary N) is 1. The van der Waals surface area contributed by atoms with E-state index in [2.05, 4.69) is 5.32 Å². The molecule has 0 fully saturated rings. The predicted molar refractivity (Wildman–Crippen MR) is 81.2 cm³/mol. The quantitative estimate of drug-likeness (QED) is 0.898. The zero-order valence-electron chi connectivity index (χ0n) is 12.0. The third-order valence-corrected chi connectivity index (χ3v) is 3.22. The minimum absolute atomic E-state index is 0.0692. The number of anilines is 1. The summed E-state index contributed by atoms with van der Waals surface area (Å²) in [7, 11) is 1.62. The molecule has 1 atom stereocenters. The van der Waals surface area contributed by atoms with Crippen LogP contribution in [0.3, 0.4) is 0 Å². The zero-order valence-corrected chi connectivity index (χ0v) is 12.0. The van der Waals surface area contributed by atoms with Gasteiger partial charge in [0.25, 0.3) is 0 Å². The number of aryl methyl sites for hydroxylation is 1. The van der Waals surface area contributed by atoms with Gasteiger partial charge in [-0.1, -0.05) is 42.0 Å². The third-order valence-electron chi connectivity index (χ3n) is 3.22. The van der Waals surface area contributed by atoms with Crippen molar-refractivity contribution in [3.05, 3.63) is 59.7 Å². The van der Waals surface area contributed by atoms with Crippen molar-refractivity contribution in [1.29, 1.82) is 0 Å². The molecule has 3 heteroatoms. The number of methoxy groups -OCH3 is 1. The van der Waals surface area contributed by atoms with Crippen LogP contribution in [-0.2, 0) is 4.79 Å². The molecule has 0 saturated heterocycles. The Morgan fingerprint density at radius 2 is 1.75 bits per heavy atom. The van der Waals surface area contributed by atoms with Crippen LogP contribution in [0.15, 0.2) is 48.5 Å². The Morgan fingerprint density at radius 1 is 1.10 bits per heavy atom. The number of para-hydroxylation sites is 2. The van der Waals surface area contributed by atoms with Crippen LogP contribution in [0.25, 0.3) is 0 Å². The molecule has 104 valence electrons. The fourth-order valence-corrected chi connectivity index (χ4v) is 2.10. The lowest BCUT2D eigenvalue weighted by atomic mass is 10.0. The van der Waals surface area contributed by atoms with E-state index in [9.17, 15) is 4.79 Å². The maximum atomic E-state index is 11.9. The number of hydrogen-bond acceptors (Lipinski definition) is 3. The van der Waals surface area contributed by atoms with E-state index in [-0.39, 0.29) is 11.8 Å². The summed E-state index contributed by atoms with van der Waals surface area (Å²) < 4.78 is 5.31. The van der Waals surface area contributed by atoms with E-state index in [1.165, 1.54) is 5.56 Å². The van der Waals surface area contributed by atoms with Crippen molar-refractivity contribution in [3.8, 4) is 5.75 Å². The van der Waals surface area contributed by atoms with E-state index >= 15 is 0 Å². The minimum Gasteiger partial charge on any atom is -0.495 e. The molecule has 0 amide bonds. The van der Waals surface area contributed by atoms with Crippen LogP contribution in [0.5, 0.6) is 5.75 Å². The molecule has 0 spiro atoms. The zero-order chi connectivity index (χ0) is 14.5. The van der Waals surface area contributed by atoms with Crippen molar-refractivity contribution in [3.63, 3.8) is 0 Å². The highest BCUT2D eigenvalue weighted by Crippen LogP contribution is 2.28. The number of hydrogen-bond donors (Lipinski definition) is 1. The molecule has 0 aliphatic rings. The molecule has 1 N–H and O–H groups in total. The average molecular weight is 269 g/mol. The van der Waals surface area contributed by atoms with Crippen LogP contribution < -0.4 is 10.1 Å². The second-order valence-electron chi connectivity index (χ2n) is 4.80. The lowest BCUT2D eigenvalue weighted by molar-refractivity contribution is -0.117. The van der Waals surface area contributed by atoms with Crippen LogP contribution in [0.1, 0.15) is 24.1 Å². The van der Waals surface area contributed by atoms with Gasteiger partial charge in [-0.2, -0.15) is 0 Å². The molecule has 0 radical (unpaired) electrons. The number of ether oxygens (including phenoxy) is 1. The van der Waals surface area contributed by atoms with Crippen LogP contribution >= 0.6 is 0 Å². The van der Waals surface area contributed by atoms with Crippen molar-refractivity contribution in [2.45, 2.75) is 19.9 Å². The Morgan fingerprint density at radius 3 is 2.35 bits per heavy atom. The van der Waals surface area contributed by atoms with E-state index in [0.29, 0.717) is 0 Å². The molecule has 2 aromatic rings. The van der Waals surface area contributed by atoms with Gasteiger partial charge in [0.2, 0.25) is 0 Å². The van der Waals surface area contributed by atoms with E-state index in [0.717, 1.165) is 17.0 Å². The van der Waals surface area contributed by atoms with Gasteiger partial charge in [0.15, 0.2) is 5.78 Å². The smallest absolute Gasteiger partial charge is 0.156 e. The van der Waals surface area contributed by atoms with Crippen LogP contribution in [-0.4, -0.2) is 12.9 Å². The molecule has 0 aromatic heterocycles. The molecule has 0 saturated carbocycles. The van der Waals surface area contributed by atoms with Crippen LogP contribution in [0.2, 0.25) is 0 Å². The van der Waals surface area contributed by atoms with Crippen LogP contribution in [0.4, 0.5) is 5.69 Å². The van der Waals surface area contributed by atoms with Crippen molar-refractivity contribution in [2.75, 3.05) is 12.4 Å². The summed E-state index contributed by atoms with van der Waals surface area (Å²) in [6, 6.07) is 15.2. The van der Waals surface area contributed by atoms with Gasteiger partial charge in [0.05, 0.1) is 12.8 Å². The van der Waals surface area contributed by atoms with Gasteiger partial charge in [-0.3, -0.25) is 4.79 Å². The summed E-state index contributed by atoms with van der Waals surface area (Å²) >= 11 is 0.